The van der Waals surface area contributed by atoms with Crippen LogP contribution in [0.5, 0.6) is 0 Å². The predicted molar refractivity (Wildman–Crippen MR) is 133 cm³/mol. The van der Waals surface area contributed by atoms with Crippen molar-refractivity contribution in [3.63, 3.8) is 0 Å². The molecule has 4 heterocycles. The maximum absolute atomic E-state index is 13.6. The standard InChI is InChI=1S/C25H33N7O/c1-6-30(7-2)24(27-5)20-11-8-12-21(28-20)32-15-19-18(25(32)33)14-22(29-23(19)17(4)26)31-13-9-10-16(31)3/h6,8,11-12,14,16-17H,1,7,9-10,13,15,26H2,2-5H3/t16-,17+/m1/s1. The molecule has 0 spiro atoms. The summed E-state index contributed by atoms with van der Waals surface area (Å²) in [5.74, 6) is 2.06. The molecule has 0 bridgehead atoms. The van der Waals surface area contributed by atoms with Gasteiger partial charge in [-0.3, -0.25) is 14.7 Å². The lowest BCUT2D eigenvalue weighted by atomic mass is 10.0. The number of nitrogens with zero attached hydrogens (tertiary/aromatic N) is 6. The van der Waals surface area contributed by atoms with Gasteiger partial charge in [-0.25, -0.2) is 9.97 Å². The molecular formula is C25H33N7O. The highest BCUT2D eigenvalue weighted by molar-refractivity contribution is 6.10. The van der Waals surface area contributed by atoms with Crippen LogP contribution in [0.25, 0.3) is 0 Å². The Morgan fingerprint density at radius 2 is 2.18 bits per heavy atom. The number of aromatic nitrogens is 2. The summed E-state index contributed by atoms with van der Waals surface area (Å²) < 4.78 is 0. The summed E-state index contributed by atoms with van der Waals surface area (Å²) in [6.07, 6.45) is 3.99. The topological polar surface area (TPSA) is 91.0 Å². The highest BCUT2D eigenvalue weighted by atomic mass is 16.2. The zero-order valence-corrected chi connectivity index (χ0v) is 20.0. The molecule has 4 rings (SSSR count). The normalized spacial score (nSPS) is 19.1. The van der Waals surface area contributed by atoms with Crippen molar-refractivity contribution >= 4 is 23.4 Å². The van der Waals surface area contributed by atoms with Gasteiger partial charge in [0.25, 0.3) is 5.91 Å². The maximum Gasteiger partial charge on any atom is 0.260 e. The molecule has 2 aliphatic rings. The van der Waals surface area contributed by atoms with E-state index in [0.29, 0.717) is 35.5 Å². The van der Waals surface area contributed by atoms with Crippen molar-refractivity contribution < 1.29 is 4.79 Å². The van der Waals surface area contributed by atoms with Crippen molar-refractivity contribution in [2.24, 2.45) is 10.7 Å². The Balaban J connectivity index is 1.72. The first-order valence-electron chi connectivity index (χ1n) is 11.6. The van der Waals surface area contributed by atoms with E-state index in [1.807, 2.05) is 43.0 Å². The van der Waals surface area contributed by atoms with E-state index in [9.17, 15) is 4.79 Å². The molecule has 174 valence electrons. The summed E-state index contributed by atoms with van der Waals surface area (Å²) >= 11 is 0. The van der Waals surface area contributed by atoms with Crippen molar-refractivity contribution in [1.29, 1.82) is 0 Å². The molecule has 1 amide bonds. The van der Waals surface area contributed by atoms with Crippen molar-refractivity contribution in [3.05, 3.63) is 59.6 Å². The van der Waals surface area contributed by atoms with Crippen LogP contribution in [-0.4, -0.2) is 52.8 Å². The number of pyridine rings is 2. The molecule has 33 heavy (non-hydrogen) atoms. The Morgan fingerprint density at radius 3 is 2.79 bits per heavy atom. The molecule has 1 fully saturated rings. The van der Waals surface area contributed by atoms with Crippen LogP contribution in [0.2, 0.25) is 0 Å². The van der Waals surface area contributed by atoms with Crippen molar-refractivity contribution in [3.8, 4) is 0 Å². The number of aliphatic imine (C=N–C) groups is 1. The molecule has 2 aromatic heterocycles. The van der Waals surface area contributed by atoms with E-state index < -0.39 is 0 Å². The zero-order chi connectivity index (χ0) is 23.7. The number of anilines is 2. The van der Waals surface area contributed by atoms with Crippen LogP contribution in [0.3, 0.4) is 0 Å². The minimum Gasteiger partial charge on any atom is -0.354 e. The second kappa shape index (κ2) is 9.31. The van der Waals surface area contributed by atoms with E-state index >= 15 is 0 Å². The van der Waals surface area contributed by atoms with E-state index in [2.05, 4.69) is 23.4 Å². The molecule has 2 N–H and O–H groups in total. The van der Waals surface area contributed by atoms with E-state index in [0.717, 1.165) is 43.0 Å². The Kier molecular flexibility index (Phi) is 6.47. The van der Waals surface area contributed by atoms with Crippen LogP contribution >= 0.6 is 0 Å². The fourth-order valence-corrected chi connectivity index (χ4v) is 4.75. The second-order valence-electron chi connectivity index (χ2n) is 8.65. The highest BCUT2D eigenvalue weighted by Crippen LogP contribution is 2.35. The number of carbonyl (C=O) groups excluding carboxylic acids is 1. The second-order valence-corrected chi connectivity index (χ2v) is 8.65. The largest absolute Gasteiger partial charge is 0.354 e. The van der Waals surface area contributed by atoms with Gasteiger partial charge in [0.05, 0.1) is 17.8 Å². The average Bonchev–Trinajstić information content (AvgIpc) is 3.39. The Morgan fingerprint density at radius 1 is 1.39 bits per heavy atom. The van der Waals surface area contributed by atoms with Crippen molar-refractivity contribution in [2.45, 2.75) is 52.2 Å². The van der Waals surface area contributed by atoms with Gasteiger partial charge in [0.15, 0.2) is 5.84 Å². The summed E-state index contributed by atoms with van der Waals surface area (Å²) in [4.78, 5) is 33.6. The molecule has 8 heteroatoms. The Hall–Kier alpha value is -3.26. The van der Waals surface area contributed by atoms with Gasteiger partial charge in [-0.05, 0) is 58.0 Å². The maximum atomic E-state index is 13.6. The third-order valence-corrected chi connectivity index (χ3v) is 6.50. The Bertz CT molecular complexity index is 1090. The fraction of sp³-hybridized carbons (Fsp3) is 0.440. The van der Waals surface area contributed by atoms with E-state index in [1.54, 1.807) is 18.1 Å². The minimum absolute atomic E-state index is 0.0712. The number of nitrogens with two attached hydrogens (primary N) is 1. The lowest BCUT2D eigenvalue weighted by Gasteiger charge is -2.24. The summed E-state index contributed by atoms with van der Waals surface area (Å²) in [6, 6.07) is 7.72. The molecule has 0 aliphatic carbocycles. The number of amides is 1. The predicted octanol–water partition coefficient (Wildman–Crippen LogP) is 3.49. The quantitative estimate of drug-likeness (QED) is 0.538. The summed E-state index contributed by atoms with van der Waals surface area (Å²) in [6.45, 7) is 12.1. The summed E-state index contributed by atoms with van der Waals surface area (Å²) in [5, 5.41) is 0. The smallest absolute Gasteiger partial charge is 0.260 e. The van der Waals surface area contributed by atoms with Gasteiger partial charge in [0, 0.05) is 37.8 Å². The lowest BCUT2D eigenvalue weighted by molar-refractivity contribution is 0.0996. The molecule has 0 aromatic carbocycles. The number of fused-ring (bicyclic) bond motifs is 1. The van der Waals surface area contributed by atoms with Crippen LogP contribution in [-0.2, 0) is 6.54 Å². The average molecular weight is 448 g/mol. The number of hydrogen-bond donors (Lipinski definition) is 1. The first-order valence-corrected chi connectivity index (χ1v) is 11.6. The minimum atomic E-state index is -0.270. The van der Waals surface area contributed by atoms with Gasteiger partial charge in [0.1, 0.15) is 17.3 Å². The van der Waals surface area contributed by atoms with Gasteiger partial charge in [0.2, 0.25) is 0 Å². The zero-order valence-electron chi connectivity index (χ0n) is 20.0. The van der Waals surface area contributed by atoms with Crippen LogP contribution in [0.4, 0.5) is 11.6 Å². The van der Waals surface area contributed by atoms with Crippen LogP contribution < -0.4 is 15.5 Å². The molecular weight excluding hydrogens is 414 g/mol. The van der Waals surface area contributed by atoms with E-state index in [-0.39, 0.29) is 11.9 Å². The number of hydrogen-bond acceptors (Lipinski definition) is 6. The third kappa shape index (κ3) is 4.11. The fourth-order valence-electron chi connectivity index (χ4n) is 4.75. The summed E-state index contributed by atoms with van der Waals surface area (Å²) in [5.41, 5.74) is 9.35. The number of amidine groups is 1. The number of rotatable bonds is 6. The van der Waals surface area contributed by atoms with Gasteiger partial charge in [-0.15, -0.1) is 0 Å². The van der Waals surface area contributed by atoms with Gasteiger partial charge < -0.3 is 15.5 Å². The summed E-state index contributed by atoms with van der Waals surface area (Å²) in [7, 11) is 1.73. The molecule has 8 nitrogen and oxygen atoms in total. The highest BCUT2D eigenvalue weighted by Gasteiger charge is 2.35. The number of carbonyl (C=O) groups is 1. The molecule has 1 saturated heterocycles. The van der Waals surface area contributed by atoms with Gasteiger partial charge in [-0.1, -0.05) is 12.6 Å². The molecule has 2 aliphatic heterocycles. The van der Waals surface area contributed by atoms with E-state index in [1.165, 1.54) is 0 Å². The van der Waals surface area contributed by atoms with Crippen LogP contribution in [0.15, 0.2) is 42.0 Å². The monoisotopic (exact) mass is 447 g/mol. The van der Waals surface area contributed by atoms with Gasteiger partial charge >= 0.3 is 0 Å². The van der Waals surface area contributed by atoms with Crippen molar-refractivity contribution in [1.82, 2.24) is 14.9 Å². The van der Waals surface area contributed by atoms with Gasteiger partial charge in [-0.2, -0.15) is 0 Å². The Labute approximate surface area is 195 Å². The molecule has 0 saturated carbocycles. The third-order valence-electron chi connectivity index (χ3n) is 6.50. The molecule has 2 aromatic rings. The van der Waals surface area contributed by atoms with Crippen LogP contribution in [0, 0.1) is 0 Å². The molecule has 2 atom stereocenters. The van der Waals surface area contributed by atoms with Crippen molar-refractivity contribution in [2.75, 3.05) is 29.9 Å². The lowest BCUT2D eigenvalue weighted by Crippen LogP contribution is -2.29. The first-order chi connectivity index (χ1) is 15.9. The molecule has 0 unspecified atom stereocenters. The SMILES string of the molecule is C=CN(CC)C(=NC)c1cccc(N2Cc3c(cc(N4CCC[C@H]4C)nc3[C@H](C)N)C2=O)n1. The van der Waals surface area contributed by atoms with Crippen LogP contribution in [0.1, 0.15) is 67.0 Å². The van der Waals surface area contributed by atoms with E-state index in [4.69, 9.17) is 15.7 Å². The molecule has 0 radical (unpaired) electrons. The first kappa shape index (κ1) is 22.9.